The van der Waals surface area contributed by atoms with Crippen LogP contribution in [0.4, 0.5) is 5.69 Å². The highest BCUT2D eigenvalue weighted by Gasteiger charge is 2.00. The van der Waals surface area contributed by atoms with Crippen LogP contribution < -0.4 is 10.2 Å². The zero-order valence-corrected chi connectivity index (χ0v) is 11.6. The van der Waals surface area contributed by atoms with E-state index in [1.165, 1.54) is 5.56 Å². The highest BCUT2D eigenvalue weighted by Crippen LogP contribution is 2.14. The van der Waals surface area contributed by atoms with Crippen molar-refractivity contribution < 1.29 is 4.74 Å². The van der Waals surface area contributed by atoms with Crippen LogP contribution in [0.5, 0.6) is 5.75 Å². The Morgan fingerprint density at radius 3 is 2.26 bits per heavy atom. The minimum Gasteiger partial charge on any atom is -0.497 e. The lowest BCUT2D eigenvalue weighted by Gasteiger charge is -2.04. The Labute approximate surface area is 117 Å². The summed E-state index contributed by atoms with van der Waals surface area (Å²) in [6, 6.07) is 15.4. The van der Waals surface area contributed by atoms with Crippen molar-refractivity contribution in [3.63, 3.8) is 0 Å². The molecular formula is C15H15ClN2O. The Morgan fingerprint density at radius 1 is 1.05 bits per heavy atom. The van der Waals surface area contributed by atoms with Gasteiger partial charge in [0.15, 0.2) is 5.17 Å². The summed E-state index contributed by atoms with van der Waals surface area (Å²) in [7, 11) is 1.63. The van der Waals surface area contributed by atoms with Crippen LogP contribution in [0.3, 0.4) is 0 Å². The molecule has 0 saturated heterocycles. The number of halogens is 1. The molecule has 0 aliphatic rings. The van der Waals surface area contributed by atoms with Crippen LogP contribution in [0.15, 0.2) is 53.6 Å². The molecule has 0 spiro atoms. The van der Waals surface area contributed by atoms with Gasteiger partial charge in [0.05, 0.1) is 12.8 Å². The monoisotopic (exact) mass is 274 g/mol. The molecule has 0 aliphatic carbocycles. The van der Waals surface area contributed by atoms with Gasteiger partial charge in [-0.2, -0.15) is 5.10 Å². The predicted molar refractivity (Wildman–Crippen MR) is 80.2 cm³/mol. The van der Waals surface area contributed by atoms with E-state index in [1.807, 2.05) is 55.5 Å². The summed E-state index contributed by atoms with van der Waals surface area (Å²) in [5, 5.41) is 4.55. The number of nitrogens with one attached hydrogen (secondary N) is 1. The summed E-state index contributed by atoms with van der Waals surface area (Å²) in [5.74, 6) is 0.791. The first-order valence-electron chi connectivity index (χ1n) is 5.89. The summed E-state index contributed by atoms with van der Waals surface area (Å²) in [5.41, 5.74) is 5.86. The lowest BCUT2D eigenvalue weighted by molar-refractivity contribution is 0.415. The Hall–Kier alpha value is -2.00. The molecule has 0 radical (unpaired) electrons. The summed E-state index contributed by atoms with van der Waals surface area (Å²) in [6.07, 6.45) is 0. The van der Waals surface area contributed by atoms with E-state index in [0.29, 0.717) is 5.17 Å². The number of ether oxygens (including phenoxy) is 1. The predicted octanol–water partition coefficient (Wildman–Crippen LogP) is 4.02. The van der Waals surface area contributed by atoms with Gasteiger partial charge in [-0.1, -0.05) is 29.3 Å². The molecule has 0 aromatic heterocycles. The molecule has 98 valence electrons. The lowest BCUT2D eigenvalue weighted by atomic mass is 10.2. The highest BCUT2D eigenvalue weighted by molar-refractivity contribution is 6.69. The molecule has 19 heavy (non-hydrogen) atoms. The van der Waals surface area contributed by atoms with Gasteiger partial charge < -0.3 is 4.74 Å². The third-order valence-corrected chi connectivity index (χ3v) is 2.97. The van der Waals surface area contributed by atoms with Crippen LogP contribution in [0, 0.1) is 6.92 Å². The SMILES string of the molecule is COc1ccc(/C(Cl)=N/Nc2ccc(C)cc2)cc1. The summed E-state index contributed by atoms with van der Waals surface area (Å²) >= 11 is 6.13. The number of hydrogen-bond donors (Lipinski definition) is 1. The minimum absolute atomic E-state index is 0.406. The van der Waals surface area contributed by atoms with Gasteiger partial charge >= 0.3 is 0 Å². The van der Waals surface area contributed by atoms with E-state index in [0.717, 1.165) is 17.0 Å². The zero-order valence-electron chi connectivity index (χ0n) is 10.9. The van der Waals surface area contributed by atoms with E-state index < -0.39 is 0 Å². The molecule has 0 amide bonds. The smallest absolute Gasteiger partial charge is 0.156 e. The second-order valence-corrected chi connectivity index (χ2v) is 4.47. The summed E-state index contributed by atoms with van der Waals surface area (Å²) in [4.78, 5) is 0. The molecule has 0 bridgehead atoms. The Kier molecular flexibility index (Phi) is 4.42. The summed E-state index contributed by atoms with van der Waals surface area (Å²) in [6.45, 7) is 2.04. The first-order valence-corrected chi connectivity index (χ1v) is 6.27. The van der Waals surface area contributed by atoms with Gasteiger partial charge in [0.1, 0.15) is 5.75 Å². The number of methoxy groups -OCH3 is 1. The number of hydrogen-bond acceptors (Lipinski definition) is 3. The minimum atomic E-state index is 0.406. The van der Waals surface area contributed by atoms with Gasteiger partial charge in [0.2, 0.25) is 0 Å². The normalized spacial score (nSPS) is 11.2. The van der Waals surface area contributed by atoms with Crippen LogP contribution in [0.25, 0.3) is 0 Å². The standard InChI is InChI=1S/C15H15ClN2O/c1-11-3-7-13(8-4-11)17-18-15(16)12-5-9-14(19-2)10-6-12/h3-10,17H,1-2H3/b18-15-. The van der Waals surface area contributed by atoms with E-state index >= 15 is 0 Å². The Bertz CT molecular complexity index is 562. The van der Waals surface area contributed by atoms with Gasteiger partial charge in [-0.15, -0.1) is 0 Å². The van der Waals surface area contributed by atoms with Crippen molar-refractivity contribution in [3.05, 3.63) is 59.7 Å². The van der Waals surface area contributed by atoms with Crippen molar-refractivity contribution in [3.8, 4) is 5.75 Å². The number of benzene rings is 2. The van der Waals surface area contributed by atoms with Gasteiger partial charge in [0.25, 0.3) is 0 Å². The first kappa shape index (κ1) is 13.4. The second kappa shape index (κ2) is 6.25. The van der Waals surface area contributed by atoms with Crippen molar-refractivity contribution >= 4 is 22.5 Å². The quantitative estimate of drug-likeness (QED) is 0.675. The van der Waals surface area contributed by atoms with Gasteiger partial charge in [-0.3, -0.25) is 5.43 Å². The van der Waals surface area contributed by atoms with E-state index in [4.69, 9.17) is 16.3 Å². The maximum atomic E-state index is 6.13. The Morgan fingerprint density at radius 2 is 1.68 bits per heavy atom. The van der Waals surface area contributed by atoms with Crippen LogP contribution in [0.2, 0.25) is 0 Å². The maximum Gasteiger partial charge on any atom is 0.156 e. The molecule has 2 aromatic carbocycles. The van der Waals surface area contributed by atoms with E-state index in [2.05, 4.69) is 10.5 Å². The molecule has 0 unspecified atom stereocenters. The molecule has 3 nitrogen and oxygen atoms in total. The van der Waals surface area contributed by atoms with Crippen LogP contribution in [-0.4, -0.2) is 12.3 Å². The third kappa shape index (κ3) is 3.73. The molecule has 4 heteroatoms. The molecule has 1 N–H and O–H groups in total. The molecule has 0 saturated carbocycles. The number of nitrogens with zero attached hydrogens (tertiary/aromatic N) is 1. The van der Waals surface area contributed by atoms with Crippen LogP contribution >= 0.6 is 11.6 Å². The lowest BCUT2D eigenvalue weighted by Crippen LogP contribution is -1.97. The Balaban J connectivity index is 2.07. The summed E-state index contributed by atoms with van der Waals surface area (Å²) < 4.78 is 5.09. The van der Waals surface area contributed by atoms with Crippen LogP contribution in [0.1, 0.15) is 11.1 Å². The molecular weight excluding hydrogens is 260 g/mol. The molecule has 0 aliphatic heterocycles. The fourth-order valence-electron chi connectivity index (χ4n) is 1.53. The average Bonchev–Trinajstić information content (AvgIpc) is 2.46. The topological polar surface area (TPSA) is 33.6 Å². The van der Waals surface area contributed by atoms with Gasteiger partial charge in [0, 0.05) is 5.56 Å². The van der Waals surface area contributed by atoms with E-state index in [9.17, 15) is 0 Å². The maximum absolute atomic E-state index is 6.13. The first-order chi connectivity index (χ1) is 9.19. The zero-order chi connectivity index (χ0) is 13.7. The van der Waals surface area contributed by atoms with Crippen molar-refractivity contribution in [2.24, 2.45) is 5.10 Å². The average molecular weight is 275 g/mol. The molecule has 2 rings (SSSR count). The van der Waals surface area contributed by atoms with Crippen molar-refractivity contribution in [2.75, 3.05) is 12.5 Å². The third-order valence-electron chi connectivity index (χ3n) is 2.66. The van der Waals surface area contributed by atoms with E-state index in [-0.39, 0.29) is 0 Å². The number of rotatable bonds is 4. The molecule has 0 fully saturated rings. The number of aryl methyl sites for hydroxylation is 1. The van der Waals surface area contributed by atoms with Crippen molar-refractivity contribution in [2.45, 2.75) is 6.92 Å². The molecule has 2 aromatic rings. The van der Waals surface area contributed by atoms with Gasteiger partial charge in [-0.25, -0.2) is 0 Å². The second-order valence-electron chi connectivity index (χ2n) is 4.11. The molecule has 0 heterocycles. The fourth-order valence-corrected chi connectivity index (χ4v) is 1.70. The van der Waals surface area contributed by atoms with Crippen LogP contribution in [-0.2, 0) is 0 Å². The number of hydrazone groups is 1. The number of anilines is 1. The molecule has 0 atom stereocenters. The van der Waals surface area contributed by atoms with E-state index in [1.54, 1.807) is 7.11 Å². The fraction of sp³-hybridized carbons (Fsp3) is 0.133. The van der Waals surface area contributed by atoms with Crippen molar-refractivity contribution in [1.82, 2.24) is 0 Å². The largest absolute Gasteiger partial charge is 0.497 e. The van der Waals surface area contributed by atoms with Crippen molar-refractivity contribution in [1.29, 1.82) is 0 Å². The highest BCUT2D eigenvalue weighted by atomic mass is 35.5. The van der Waals surface area contributed by atoms with Gasteiger partial charge in [-0.05, 0) is 43.3 Å².